The van der Waals surface area contributed by atoms with Crippen LogP contribution >= 0.6 is 23.2 Å². The third-order valence-corrected chi connectivity index (χ3v) is 4.40. The van der Waals surface area contributed by atoms with Gasteiger partial charge in [-0.2, -0.15) is 10.5 Å². The molecule has 0 saturated heterocycles. The Morgan fingerprint density at radius 3 is 1.36 bits per heavy atom. The smallest absolute Gasteiger partial charge is 0.102 e. The molecular weight excluding hydrogens is 353 g/mol. The van der Waals surface area contributed by atoms with Crippen molar-refractivity contribution in [3.63, 3.8) is 0 Å². The molecule has 0 unspecified atom stereocenters. The highest BCUT2D eigenvalue weighted by atomic mass is 35.5. The zero-order valence-corrected chi connectivity index (χ0v) is 14.4. The van der Waals surface area contributed by atoms with Crippen molar-refractivity contribution in [2.24, 2.45) is 0 Å². The molecule has 2 N–H and O–H groups in total. The van der Waals surface area contributed by atoms with Crippen LogP contribution in [-0.4, -0.2) is 0 Å². The van der Waals surface area contributed by atoms with E-state index in [1.165, 1.54) is 0 Å². The molecule has 0 aromatic heterocycles. The predicted octanol–water partition coefficient (Wildman–Crippen LogP) is 5.65. The van der Waals surface area contributed by atoms with Crippen LogP contribution in [0.5, 0.6) is 0 Å². The molecule has 0 heterocycles. The Kier molecular flexibility index (Phi) is 4.63. The number of nitrogen functional groups attached to an aromatic ring is 1. The van der Waals surface area contributed by atoms with E-state index in [9.17, 15) is 10.5 Å². The number of nitrogens with zero attached hydrogens (tertiary/aromatic N) is 2. The highest BCUT2D eigenvalue weighted by Crippen LogP contribution is 2.37. The van der Waals surface area contributed by atoms with Crippen LogP contribution in [0.4, 0.5) is 5.69 Å². The van der Waals surface area contributed by atoms with Crippen molar-refractivity contribution in [2.45, 2.75) is 0 Å². The third kappa shape index (κ3) is 3.16. The molecule has 0 spiro atoms. The Morgan fingerprint density at radius 1 is 0.680 bits per heavy atom. The van der Waals surface area contributed by atoms with Crippen molar-refractivity contribution in [3.05, 3.63) is 75.8 Å². The van der Waals surface area contributed by atoms with E-state index in [1.807, 2.05) is 24.3 Å². The standard InChI is InChI=1S/C20H11Cl2N3/c21-14-5-1-12(2-6-14)16-9-17(13-3-7-15(22)8-4-13)19(11-24)20(25)18(16)10-23/h1-9H,25H2. The SMILES string of the molecule is N#Cc1c(-c2ccc(Cl)cc2)cc(-c2ccc(Cl)cc2)c(C#N)c1N. The van der Waals surface area contributed by atoms with E-state index in [-0.39, 0.29) is 16.8 Å². The maximum absolute atomic E-state index is 9.55. The lowest BCUT2D eigenvalue weighted by Gasteiger charge is -2.14. The van der Waals surface area contributed by atoms with Gasteiger partial charge in [-0.3, -0.25) is 0 Å². The number of nitriles is 2. The minimum Gasteiger partial charge on any atom is -0.397 e. The summed E-state index contributed by atoms with van der Waals surface area (Å²) in [6.07, 6.45) is 0. The van der Waals surface area contributed by atoms with E-state index in [2.05, 4.69) is 12.1 Å². The Labute approximate surface area is 155 Å². The maximum Gasteiger partial charge on any atom is 0.102 e. The van der Waals surface area contributed by atoms with Crippen molar-refractivity contribution in [1.82, 2.24) is 0 Å². The quantitative estimate of drug-likeness (QED) is 0.597. The zero-order valence-electron chi connectivity index (χ0n) is 12.9. The molecule has 0 bridgehead atoms. The first-order valence-corrected chi connectivity index (χ1v) is 8.09. The lowest BCUT2D eigenvalue weighted by atomic mass is 9.89. The zero-order chi connectivity index (χ0) is 18.0. The van der Waals surface area contributed by atoms with E-state index in [0.717, 1.165) is 11.1 Å². The van der Waals surface area contributed by atoms with Crippen molar-refractivity contribution < 1.29 is 0 Å². The average molecular weight is 364 g/mol. The van der Waals surface area contributed by atoms with Crippen LogP contribution in [-0.2, 0) is 0 Å². The first-order valence-electron chi connectivity index (χ1n) is 7.33. The van der Waals surface area contributed by atoms with Crippen molar-refractivity contribution >= 4 is 28.9 Å². The Hall–Kier alpha value is -2.98. The van der Waals surface area contributed by atoms with Crippen molar-refractivity contribution in [3.8, 4) is 34.4 Å². The highest BCUT2D eigenvalue weighted by Gasteiger charge is 2.18. The van der Waals surface area contributed by atoms with Crippen molar-refractivity contribution in [1.29, 1.82) is 10.5 Å². The minimum absolute atomic E-state index is 0.169. The summed E-state index contributed by atoms with van der Waals surface area (Å²) in [7, 11) is 0. The van der Waals surface area contributed by atoms with Gasteiger partial charge in [-0.25, -0.2) is 0 Å². The van der Waals surface area contributed by atoms with Gasteiger partial charge in [0.2, 0.25) is 0 Å². The topological polar surface area (TPSA) is 73.6 Å². The van der Waals surface area contributed by atoms with Crippen LogP contribution in [0.2, 0.25) is 10.0 Å². The van der Waals surface area contributed by atoms with Gasteiger partial charge in [0.25, 0.3) is 0 Å². The second-order valence-corrected chi connectivity index (χ2v) is 6.25. The van der Waals surface area contributed by atoms with Gasteiger partial charge in [0, 0.05) is 21.2 Å². The summed E-state index contributed by atoms with van der Waals surface area (Å²) in [5.74, 6) is 0. The molecule has 0 saturated carbocycles. The van der Waals surface area contributed by atoms with Gasteiger partial charge in [0.1, 0.15) is 12.1 Å². The normalized spacial score (nSPS) is 10.1. The van der Waals surface area contributed by atoms with Crippen LogP contribution in [0.15, 0.2) is 54.6 Å². The molecule has 120 valence electrons. The van der Waals surface area contributed by atoms with Gasteiger partial charge in [0.15, 0.2) is 0 Å². The van der Waals surface area contributed by atoms with E-state index >= 15 is 0 Å². The summed E-state index contributed by atoms with van der Waals surface area (Å²) in [4.78, 5) is 0. The van der Waals surface area contributed by atoms with Crippen LogP contribution in [0.3, 0.4) is 0 Å². The van der Waals surface area contributed by atoms with Gasteiger partial charge in [-0.1, -0.05) is 47.5 Å². The fraction of sp³-hybridized carbons (Fsp3) is 0. The number of anilines is 1. The van der Waals surface area contributed by atoms with E-state index in [1.54, 1.807) is 30.3 Å². The molecule has 0 aliphatic heterocycles. The van der Waals surface area contributed by atoms with Gasteiger partial charge in [-0.15, -0.1) is 0 Å². The molecule has 3 rings (SSSR count). The van der Waals surface area contributed by atoms with Crippen LogP contribution < -0.4 is 5.73 Å². The fourth-order valence-corrected chi connectivity index (χ4v) is 2.91. The largest absolute Gasteiger partial charge is 0.397 e. The number of nitrogens with two attached hydrogens (primary N) is 1. The molecule has 0 aliphatic rings. The van der Waals surface area contributed by atoms with Crippen molar-refractivity contribution in [2.75, 3.05) is 5.73 Å². The Morgan fingerprint density at radius 2 is 1.04 bits per heavy atom. The lowest BCUT2D eigenvalue weighted by Crippen LogP contribution is -2.00. The lowest BCUT2D eigenvalue weighted by molar-refractivity contribution is 1.44. The third-order valence-electron chi connectivity index (χ3n) is 3.90. The monoisotopic (exact) mass is 363 g/mol. The minimum atomic E-state index is 0.169. The number of hydrogen-bond donors (Lipinski definition) is 1. The molecule has 0 amide bonds. The van der Waals surface area contributed by atoms with Gasteiger partial charge < -0.3 is 5.73 Å². The van der Waals surface area contributed by atoms with Gasteiger partial charge in [-0.05, 0) is 41.5 Å². The molecule has 3 aromatic carbocycles. The number of rotatable bonds is 2. The van der Waals surface area contributed by atoms with Gasteiger partial charge in [0.05, 0.1) is 16.8 Å². The molecule has 3 aromatic rings. The molecule has 3 nitrogen and oxygen atoms in total. The summed E-state index contributed by atoms with van der Waals surface area (Å²) in [6.45, 7) is 0. The average Bonchev–Trinajstić information content (AvgIpc) is 2.62. The highest BCUT2D eigenvalue weighted by molar-refractivity contribution is 6.31. The first kappa shape index (κ1) is 16.9. The number of benzene rings is 3. The maximum atomic E-state index is 9.55. The molecule has 0 fully saturated rings. The summed E-state index contributed by atoms with van der Waals surface area (Å²) in [6, 6.07) is 20.3. The molecule has 0 atom stereocenters. The van der Waals surface area contributed by atoms with Gasteiger partial charge >= 0.3 is 0 Å². The molecular formula is C20H11Cl2N3. The number of hydrogen-bond acceptors (Lipinski definition) is 3. The molecule has 25 heavy (non-hydrogen) atoms. The Balaban J connectivity index is 2.33. The predicted molar refractivity (Wildman–Crippen MR) is 101 cm³/mol. The van der Waals surface area contributed by atoms with E-state index in [4.69, 9.17) is 28.9 Å². The summed E-state index contributed by atoms with van der Waals surface area (Å²) < 4.78 is 0. The molecule has 5 heteroatoms. The summed E-state index contributed by atoms with van der Waals surface area (Å²) >= 11 is 11.9. The molecule has 0 aliphatic carbocycles. The first-order chi connectivity index (χ1) is 12.0. The van der Waals surface area contributed by atoms with E-state index in [0.29, 0.717) is 21.2 Å². The number of halogens is 2. The second kappa shape index (κ2) is 6.87. The fourth-order valence-electron chi connectivity index (χ4n) is 2.66. The molecule has 0 radical (unpaired) electrons. The second-order valence-electron chi connectivity index (χ2n) is 5.37. The van der Waals surface area contributed by atoms with E-state index < -0.39 is 0 Å². The Bertz CT molecular complexity index is 943. The van der Waals surface area contributed by atoms with Crippen LogP contribution in [0.25, 0.3) is 22.3 Å². The summed E-state index contributed by atoms with van der Waals surface area (Å²) in [5.41, 5.74) is 9.77. The van der Waals surface area contributed by atoms with Crippen LogP contribution in [0, 0.1) is 22.7 Å². The summed E-state index contributed by atoms with van der Waals surface area (Å²) in [5, 5.41) is 20.3. The van der Waals surface area contributed by atoms with Crippen LogP contribution in [0.1, 0.15) is 11.1 Å².